The van der Waals surface area contributed by atoms with Crippen molar-refractivity contribution in [2.24, 2.45) is 5.16 Å². The average Bonchev–Trinajstić information content (AvgIpc) is 3.40. The molecule has 1 amide bonds. The first-order chi connectivity index (χ1) is 14.4. The molecule has 30 heavy (non-hydrogen) atoms. The molecule has 0 spiro atoms. The monoisotopic (exact) mass is 459 g/mol. The van der Waals surface area contributed by atoms with Crippen LogP contribution in [0.15, 0.2) is 40.5 Å². The van der Waals surface area contributed by atoms with Gasteiger partial charge in [0.15, 0.2) is 25.8 Å². The topological polar surface area (TPSA) is 127 Å². The van der Waals surface area contributed by atoms with Gasteiger partial charge in [0.05, 0.1) is 22.9 Å². The van der Waals surface area contributed by atoms with Gasteiger partial charge in [-0.3, -0.25) is 10.1 Å². The zero-order valence-electron chi connectivity index (χ0n) is 15.8. The van der Waals surface area contributed by atoms with Crippen LogP contribution in [-0.4, -0.2) is 61.8 Å². The highest BCUT2D eigenvalue weighted by Crippen LogP contribution is 2.23. The number of carbonyl (C=O) groups excluding carboxylic acids is 1. The molecule has 164 valence electrons. The number of thiazole rings is 1. The molecule has 2 aromatic rings. The van der Waals surface area contributed by atoms with Gasteiger partial charge in [-0.15, -0.1) is 0 Å². The number of nitrogens with one attached hydrogen (secondary N) is 1. The Morgan fingerprint density at radius 1 is 1.43 bits per heavy atom. The molecule has 1 saturated heterocycles. The first kappa shape index (κ1) is 22.3. The minimum atomic E-state index is -3.55. The lowest BCUT2D eigenvalue weighted by molar-refractivity contribution is -0.110. The number of amides is 1. The van der Waals surface area contributed by atoms with Gasteiger partial charge in [0.25, 0.3) is 5.91 Å². The Morgan fingerprint density at radius 2 is 2.20 bits per heavy atom. The van der Waals surface area contributed by atoms with Crippen molar-refractivity contribution in [3.05, 3.63) is 41.2 Å². The third-order valence-electron chi connectivity index (χ3n) is 4.25. The summed E-state index contributed by atoms with van der Waals surface area (Å²) >= 11 is 0.651. The van der Waals surface area contributed by atoms with Crippen molar-refractivity contribution in [3.8, 4) is 0 Å². The standard InChI is InChI=1S/C18H20FN3O6S2.H2/c19-15-10-20-18(29-15)21-17(24)16(22-28-8-1-7-23)12-2-4-13(5-3-12)30(25,26)14-6-9-27-11-14;/h2-5,10,14,23H,1,6-9,11H2,(H,20,21,24);1H/b22-16+;/t14-;/m0./s1. The molecule has 0 aliphatic carbocycles. The summed E-state index contributed by atoms with van der Waals surface area (Å²) in [7, 11) is -3.55. The third-order valence-corrected chi connectivity index (χ3v) is 7.13. The van der Waals surface area contributed by atoms with Gasteiger partial charge in [-0.05, 0) is 18.6 Å². The van der Waals surface area contributed by atoms with E-state index in [9.17, 15) is 17.6 Å². The van der Waals surface area contributed by atoms with E-state index in [0.717, 1.165) is 6.20 Å². The fourth-order valence-corrected chi connectivity index (χ4v) is 4.81. The lowest BCUT2D eigenvalue weighted by Gasteiger charge is -2.11. The van der Waals surface area contributed by atoms with Crippen LogP contribution in [0, 0.1) is 5.13 Å². The molecule has 1 aromatic carbocycles. The fourth-order valence-electron chi connectivity index (χ4n) is 2.69. The number of halogens is 1. The van der Waals surface area contributed by atoms with Gasteiger partial charge in [0.2, 0.25) is 0 Å². The van der Waals surface area contributed by atoms with E-state index < -0.39 is 26.1 Å². The normalized spacial score (nSPS) is 17.1. The van der Waals surface area contributed by atoms with Crippen LogP contribution in [0.5, 0.6) is 0 Å². The summed E-state index contributed by atoms with van der Waals surface area (Å²) in [5.41, 5.74) is 0.159. The maximum atomic E-state index is 13.1. The molecule has 12 heteroatoms. The van der Waals surface area contributed by atoms with Crippen molar-refractivity contribution in [2.45, 2.75) is 23.0 Å². The number of ether oxygens (including phenoxy) is 1. The maximum absolute atomic E-state index is 13.1. The molecular formula is C18H22FN3O6S2. The van der Waals surface area contributed by atoms with Crippen LogP contribution < -0.4 is 5.32 Å². The Hall–Kier alpha value is -2.41. The highest BCUT2D eigenvalue weighted by atomic mass is 32.2. The van der Waals surface area contributed by atoms with Crippen molar-refractivity contribution in [1.82, 2.24) is 4.98 Å². The fraction of sp³-hybridized carbons (Fsp3) is 0.389. The third kappa shape index (κ3) is 5.39. The molecule has 1 aromatic heterocycles. The number of aliphatic hydroxyl groups is 1. The van der Waals surface area contributed by atoms with Crippen molar-refractivity contribution in [1.29, 1.82) is 0 Å². The lowest BCUT2D eigenvalue weighted by Crippen LogP contribution is -2.25. The summed E-state index contributed by atoms with van der Waals surface area (Å²) < 4.78 is 43.6. The largest absolute Gasteiger partial charge is 0.396 e. The molecule has 1 atom stereocenters. The van der Waals surface area contributed by atoms with Crippen LogP contribution in [-0.2, 0) is 24.2 Å². The van der Waals surface area contributed by atoms with Crippen molar-refractivity contribution < 1.29 is 33.7 Å². The molecule has 0 saturated carbocycles. The second kappa shape index (κ2) is 10.1. The smallest absolute Gasteiger partial charge is 0.280 e. The summed E-state index contributed by atoms with van der Waals surface area (Å²) in [5, 5.41) is 14.0. The number of hydrogen-bond donors (Lipinski definition) is 2. The molecule has 9 nitrogen and oxygen atoms in total. The average molecular weight is 460 g/mol. The van der Waals surface area contributed by atoms with Gasteiger partial charge >= 0.3 is 0 Å². The predicted molar refractivity (Wildman–Crippen MR) is 110 cm³/mol. The van der Waals surface area contributed by atoms with Crippen LogP contribution >= 0.6 is 11.3 Å². The number of oxime groups is 1. The second-order valence-electron chi connectivity index (χ2n) is 6.33. The zero-order chi connectivity index (χ0) is 21.6. The van der Waals surface area contributed by atoms with Crippen LogP contribution in [0.3, 0.4) is 0 Å². The van der Waals surface area contributed by atoms with Crippen LogP contribution in [0.1, 0.15) is 19.8 Å². The molecular weight excluding hydrogens is 437 g/mol. The first-order valence-corrected chi connectivity index (χ1v) is 11.4. The molecule has 1 aliphatic rings. The van der Waals surface area contributed by atoms with E-state index in [-0.39, 0.29) is 37.0 Å². The summed E-state index contributed by atoms with van der Waals surface area (Å²) in [6.07, 6.45) is 1.72. The number of aliphatic hydroxyl groups excluding tert-OH is 1. The number of nitrogens with zero attached hydrogens (tertiary/aromatic N) is 2. The number of hydrogen-bond acceptors (Lipinski definition) is 9. The number of rotatable bonds is 9. The van der Waals surface area contributed by atoms with Crippen LogP contribution in [0.25, 0.3) is 0 Å². The van der Waals surface area contributed by atoms with Gasteiger partial charge in [-0.25, -0.2) is 13.4 Å². The van der Waals surface area contributed by atoms with Gasteiger partial charge in [0.1, 0.15) is 6.61 Å². The Morgan fingerprint density at radius 3 is 2.80 bits per heavy atom. The number of benzene rings is 1. The Balaban J connectivity index is 0.00000341. The number of carbonyl (C=O) groups is 1. The molecule has 0 bridgehead atoms. The van der Waals surface area contributed by atoms with Crippen LogP contribution in [0.4, 0.5) is 9.52 Å². The quantitative estimate of drug-likeness (QED) is 0.333. The Kier molecular flexibility index (Phi) is 7.48. The van der Waals surface area contributed by atoms with E-state index in [0.29, 0.717) is 36.3 Å². The van der Waals surface area contributed by atoms with Crippen molar-refractivity contribution in [3.63, 3.8) is 0 Å². The van der Waals surface area contributed by atoms with Crippen LogP contribution in [0.2, 0.25) is 0 Å². The number of sulfone groups is 1. The maximum Gasteiger partial charge on any atom is 0.280 e. The van der Waals surface area contributed by atoms with E-state index in [1.165, 1.54) is 24.3 Å². The lowest BCUT2D eigenvalue weighted by atomic mass is 10.1. The predicted octanol–water partition coefficient (Wildman–Crippen LogP) is 1.83. The zero-order valence-corrected chi connectivity index (χ0v) is 17.4. The Labute approximate surface area is 177 Å². The van der Waals surface area contributed by atoms with E-state index >= 15 is 0 Å². The highest BCUT2D eigenvalue weighted by molar-refractivity contribution is 7.92. The van der Waals surface area contributed by atoms with Gasteiger partial charge in [-0.1, -0.05) is 28.6 Å². The highest BCUT2D eigenvalue weighted by Gasteiger charge is 2.31. The van der Waals surface area contributed by atoms with E-state index in [4.69, 9.17) is 14.7 Å². The minimum absolute atomic E-state index is 0. The molecule has 3 rings (SSSR count). The van der Waals surface area contributed by atoms with Gasteiger partial charge in [-0.2, -0.15) is 4.39 Å². The molecule has 0 unspecified atom stereocenters. The van der Waals surface area contributed by atoms with E-state index in [2.05, 4.69) is 15.5 Å². The minimum Gasteiger partial charge on any atom is -0.396 e. The summed E-state index contributed by atoms with van der Waals surface area (Å²) in [6.45, 7) is 0.532. The Bertz CT molecular complexity index is 1010. The molecule has 1 aliphatic heterocycles. The van der Waals surface area contributed by atoms with Gasteiger partial charge < -0.3 is 14.7 Å². The molecule has 2 heterocycles. The molecule has 0 radical (unpaired) electrons. The van der Waals surface area contributed by atoms with E-state index in [1.54, 1.807) is 0 Å². The number of aromatic nitrogens is 1. The van der Waals surface area contributed by atoms with Gasteiger partial charge in [0, 0.05) is 26.6 Å². The first-order valence-electron chi connectivity index (χ1n) is 9.07. The molecule has 2 N–H and O–H groups in total. The summed E-state index contributed by atoms with van der Waals surface area (Å²) in [6, 6.07) is 5.67. The molecule has 1 fully saturated rings. The second-order valence-corrected chi connectivity index (χ2v) is 9.54. The SMILES string of the molecule is O=C(Nc1ncc(F)s1)/C(=N/OCCCO)c1ccc(S(=O)(=O)[C@H]2CCOC2)cc1.[HH]. The van der Waals surface area contributed by atoms with E-state index in [1.807, 2.05) is 0 Å². The number of anilines is 1. The summed E-state index contributed by atoms with van der Waals surface area (Å²) in [5.74, 6) is -0.701. The van der Waals surface area contributed by atoms with Crippen molar-refractivity contribution >= 4 is 37.9 Å². The summed E-state index contributed by atoms with van der Waals surface area (Å²) in [4.78, 5) is 21.5. The van der Waals surface area contributed by atoms with Crippen molar-refractivity contribution in [2.75, 3.05) is 31.7 Å².